The molecule has 0 bridgehead atoms. The Morgan fingerprint density at radius 3 is 2.73 bits per heavy atom. The van der Waals surface area contributed by atoms with Gasteiger partial charge in [0.05, 0.1) is 16.9 Å². The number of hydrogen-bond acceptors (Lipinski definition) is 4. The summed E-state index contributed by atoms with van der Waals surface area (Å²) in [7, 11) is 1.71. The van der Waals surface area contributed by atoms with Crippen molar-refractivity contribution >= 4 is 24.0 Å². The normalized spacial score (nSPS) is 20.8. The summed E-state index contributed by atoms with van der Waals surface area (Å²) in [4.78, 5) is 24.8. The lowest BCUT2D eigenvalue weighted by Gasteiger charge is -2.36. The zero-order valence-corrected chi connectivity index (χ0v) is 13.7. The maximum absolute atomic E-state index is 12.6. The molecule has 1 atom stereocenters. The van der Waals surface area contributed by atoms with Gasteiger partial charge in [0.2, 0.25) is 5.91 Å². The third kappa shape index (κ3) is 3.96. The van der Waals surface area contributed by atoms with Crippen LogP contribution in [-0.2, 0) is 11.3 Å². The molecule has 1 fully saturated rings. The summed E-state index contributed by atoms with van der Waals surface area (Å²) in [6.07, 6.45) is 1.82. The number of hydrogen-bond donors (Lipinski definition) is 1. The fourth-order valence-electron chi connectivity index (χ4n) is 2.85. The number of nitro groups is 1. The number of nitrogens with one attached hydrogen (secondary N) is 1. The first-order valence-electron chi connectivity index (χ1n) is 7.13. The number of nitrogens with zero attached hydrogens (tertiary/aromatic N) is 2. The van der Waals surface area contributed by atoms with E-state index >= 15 is 0 Å². The second kappa shape index (κ2) is 7.56. The molecule has 0 aromatic heterocycles. The van der Waals surface area contributed by atoms with E-state index < -0.39 is 10.3 Å². The van der Waals surface area contributed by atoms with Gasteiger partial charge in [-0.1, -0.05) is 18.2 Å². The third-order valence-corrected chi connectivity index (χ3v) is 4.06. The third-order valence-electron chi connectivity index (χ3n) is 4.06. The van der Waals surface area contributed by atoms with Crippen LogP contribution < -0.4 is 5.32 Å². The Bertz CT molecular complexity index is 545. The lowest BCUT2D eigenvalue weighted by atomic mass is 9.81. The number of carbonyl (C=O) groups excluding carboxylic acids is 1. The summed E-state index contributed by atoms with van der Waals surface area (Å²) in [6, 6.07) is 6.56. The molecule has 1 amide bonds. The summed E-state index contributed by atoms with van der Waals surface area (Å²) in [5.74, 6) is 0.0350. The molecule has 1 aromatic carbocycles. The van der Waals surface area contributed by atoms with Crippen molar-refractivity contribution in [2.24, 2.45) is 5.41 Å². The van der Waals surface area contributed by atoms with Crippen molar-refractivity contribution in [3.63, 3.8) is 0 Å². The number of halogens is 1. The highest BCUT2D eigenvalue weighted by Gasteiger charge is 2.36. The van der Waals surface area contributed by atoms with E-state index in [4.69, 9.17) is 0 Å². The molecule has 0 aliphatic carbocycles. The highest BCUT2D eigenvalue weighted by Crippen LogP contribution is 2.29. The lowest BCUT2D eigenvalue weighted by molar-refractivity contribution is -0.385. The van der Waals surface area contributed by atoms with Crippen LogP contribution in [0.5, 0.6) is 0 Å². The fraction of sp³-hybridized carbons (Fsp3) is 0.533. The van der Waals surface area contributed by atoms with Crippen LogP contribution in [0.25, 0.3) is 0 Å². The second-order valence-corrected chi connectivity index (χ2v) is 5.89. The molecular formula is C15H22ClN3O3. The number of carbonyl (C=O) groups is 1. The van der Waals surface area contributed by atoms with Crippen LogP contribution in [-0.4, -0.2) is 35.9 Å². The molecule has 22 heavy (non-hydrogen) atoms. The number of amides is 1. The quantitative estimate of drug-likeness (QED) is 0.680. The van der Waals surface area contributed by atoms with E-state index in [1.54, 1.807) is 30.1 Å². The highest BCUT2D eigenvalue weighted by molar-refractivity contribution is 5.85. The van der Waals surface area contributed by atoms with Crippen molar-refractivity contribution in [3.8, 4) is 0 Å². The molecule has 0 spiro atoms. The molecule has 1 saturated heterocycles. The number of nitro benzene ring substituents is 1. The van der Waals surface area contributed by atoms with Crippen molar-refractivity contribution in [1.29, 1.82) is 0 Å². The van der Waals surface area contributed by atoms with Crippen LogP contribution in [0.1, 0.15) is 25.3 Å². The Kier molecular flexibility index (Phi) is 6.32. The smallest absolute Gasteiger partial charge is 0.274 e. The van der Waals surface area contributed by atoms with Gasteiger partial charge in [-0.3, -0.25) is 14.9 Å². The Labute approximate surface area is 136 Å². The van der Waals surface area contributed by atoms with Crippen molar-refractivity contribution in [3.05, 3.63) is 39.9 Å². The molecule has 1 aromatic rings. The average molecular weight is 328 g/mol. The van der Waals surface area contributed by atoms with Gasteiger partial charge >= 0.3 is 0 Å². The van der Waals surface area contributed by atoms with Crippen molar-refractivity contribution < 1.29 is 9.72 Å². The van der Waals surface area contributed by atoms with E-state index in [0.717, 1.165) is 19.4 Å². The Balaban J connectivity index is 0.00000242. The van der Waals surface area contributed by atoms with Crippen LogP contribution in [0.15, 0.2) is 24.3 Å². The van der Waals surface area contributed by atoms with E-state index in [1.165, 1.54) is 6.07 Å². The topological polar surface area (TPSA) is 75.5 Å². The first-order valence-corrected chi connectivity index (χ1v) is 7.13. The predicted octanol–water partition coefficient (Wildman–Crippen LogP) is 2.36. The van der Waals surface area contributed by atoms with E-state index in [1.807, 2.05) is 6.92 Å². The summed E-state index contributed by atoms with van der Waals surface area (Å²) >= 11 is 0. The molecule has 2 rings (SSSR count). The minimum atomic E-state index is -0.420. The summed E-state index contributed by atoms with van der Waals surface area (Å²) in [5.41, 5.74) is 0.200. The minimum absolute atomic E-state index is 0. The largest absolute Gasteiger partial charge is 0.341 e. The highest BCUT2D eigenvalue weighted by atomic mass is 35.5. The number of rotatable bonds is 4. The number of benzene rings is 1. The molecule has 6 nitrogen and oxygen atoms in total. The van der Waals surface area contributed by atoms with E-state index in [-0.39, 0.29) is 30.5 Å². The summed E-state index contributed by atoms with van der Waals surface area (Å²) in [5, 5.41) is 14.3. The first-order chi connectivity index (χ1) is 9.94. The molecule has 1 aliphatic heterocycles. The molecule has 1 N–H and O–H groups in total. The van der Waals surface area contributed by atoms with Gasteiger partial charge in [0, 0.05) is 25.2 Å². The molecule has 1 aliphatic rings. The van der Waals surface area contributed by atoms with E-state index in [9.17, 15) is 14.9 Å². The van der Waals surface area contributed by atoms with Gasteiger partial charge in [-0.25, -0.2) is 0 Å². The van der Waals surface area contributed by atoms with Gasteiger partial charge in [0.25, 0.3) is 5.69 Å². The second-order valence-electron chi connectivity index (χ2n) is 5.89. The van der Waals surface area contributed by atoms with Gasteiger partial charge < -0.3 is 10.2 Å². The van der Waals surface area contributed by atoms with Crippen LogP contribution in [0, 0.1) is 15.5 Å². The first kappa shape index (κ1) is 18.4. The molecule has 7 heteroatoms. The minimum Gasteiger partial charge on any atom is -0.341 e. The SMILES string of the molecule is CN(Cc1ccccc1[N+](=O)[O-])C(=O)C1(C)CCCNC1.Cl. The molecule has 0 saturated carbocycles. The monoisotopic (exact) mass is 327 g/mol. The molecular weight excluding hydrogens is 306 g/mol. The van der Waals surface area contributed by atoms with Crippen LogP contribution in [0.2, 0.25) is 0 Å². The van der Waals surface area contributed by atoms with Gasteiger partial charge in [-0.15, -0.1) is 12.4 Å². The van der Waals surface area contributed by atoms with Crippen molar-refractivity contribution in [1.82, 2.24) is 10.2 Å². The molecule has 0 radical (unpaired) electrons. The van der Waals surface area contributed by atoms with Gasteiger partial charge in [-0.05, 0) is 26.3 Å². The fourth-order valence-corrected chi connectivity index (χ4v) is 2.85. The van der Waals surface area contributed by atoms with Crippen LogP contribution in [0.4, 0.5) is 5.69 Å². The summed E-state index contributed by atoms with van der Waals surface area (Å²) < 4.78 is 0. The average Bonchev–Trinajstić information content (AvgIpc) is 2.47. The lowest BCUT2D eigenvalue weighted by Crippen LogP contribution is -2.49. The van der Waals surface area contributed by atoms with Crippen molar-refractivity contribution in [2.75, 3.05) is 20.1 Å². The Morgan fingerprint density at radius 2 is 2.14 bits per heavy atom. The molecule has 1 heterocycles. The Morgan fingerprint density at radius 1 is 1.45 bits per heavy atom. The maximum Gasteiger partial charge on any atom is 0.274 e. The van der Waals surface area contributed by atoms with Gasteiger partial charge in [-0.2, -0.15) is 0 Å². The van der Waals surface area contributed by atoms with Gasteiger partial charge in [0.15, 0.2) is 0 Å². The van der Waals surface area contributed by atoms with E-state index in [2.05, 4.69) is 5.32 Å². The zero-order valence-electron chi connectivity index (χ0n) is 12.9. The number of piperidine rings is 1. The Hall–Kier alpha value is -1.66. The zero-order chi connectivity index (χ0) is 15.5. The molecule has 1 unspecified atom stereocenters. The summed E-state index contributed by atoms with van der Waals surface area (Å²) in [6.45, 7) is 3.81. The maximum atomic E-state index is 12.6. The van der Waals surface area contributed by atoms with Crippen molar-refractivity contribution in [2.45, 2.75) is 26.3 Å². The van der Waals surface area contributed by atoms with E-state index in [0.29, 0.717) is 12.1 Å². The molecule has 122 valence electrons. The van der Waals surface area contributed by atoms with Gasteiger partial charge in [0.1, 0.15) is 0 Å². The predicted molar refractivity (Wildman–Crippen MR) is 87.0 cm³/mol. The van der Waals surface area contributed by atoms with Crippen LogP contribution >= 0.6 is 12.4 Å². The number of para-hydroxylation sites is 1. The standard InChI is InChI=1S/C15H21N3O3.ClH/c1-15(8-5-9-16-11-15)14(19)17(2)10-12-6-3-4-7-13(12)18(20)21;/h3-4,6-7,16H,5,8-11H2,1-2H3;1H. The van der Waals surface area contributed by atoms with Crippen LogP contribution in [0.3, 0.4) is 0 Å².